The second-order valence-corrected chi connectivity index (χ2v) is 4.84. The first kappa shape index (κ1) is 12.4. The highest BCUT2D eigenvalue weighted by atomic mass is 35.5. The van der Waals surface area contributed by atoms with Crippen molar-refractivity contribution in [1.29, 1.82) is 0 Å². The van der Waals surface area contributed by atoms with E-state index in [0.29, 0.717) is 32.5 Å². The molecule has 0 saturated carbocycles. The second kappa shape index (κ2) is 4.47. The van der Waals surface area contributed by atoms with Crippen LogP contribution in [0.3, 0.4) is 0 Å². The molecular formula is C13H6Cl2F2N2. The van der Waals surface area contributed by atoms with Gasteiger partial charge in [-0.25, -0.2) is 13.8 Å². The standard InChI is InChI=1S/C13H6Cl2F2N2/c14-9-4-11-12(5-10(9)15)19-13(18-11)6-1-7(16)3-8(17)2-6/h1-5H,(H,18,19). The Morgan fingerprint density at radius 2 is 1.53 bits per heavy atom. The first-order valence-electron chi connectivity index (χ1n) is 5.34. The third kappa shape index (κ3) is 2.29. The van der Waals surface area contributed by atoms with Crippen LogP contribution in [0.25, 0.3) is 22.4 Å². The van der Waals surface area contributed by atoms with Gasteiger partial charge in [0.2, 0.25) is 0 Å². The summed E-state index contributed by atoms with van der Waals surface area (Å²) in [5.41, 5.74) is 1.55. The van der Waals surface area contributed by atoms with Crippen LogP contribution in [-0.4, -0.2) is 9.97 Å². The van der Waals surface area contributed by atoms with Crippen LogP contribution < -0.4 is 0 Å². The van der Waals surface area contributed by atoms with E-state index in [1.165, 1.54) is 12.1 Å². The van der Waals surface area contributed by atoms with Crippen LogP contribution in [0.1, 0.15) is 0 Å². The minimum atomic E-state index is -0.661. The van der Waals surface area contributed by atoms with Crippen molar-refractivity contribution in [3.05, 3.63) is 52.0 Å². The third-order valence-electron chi connectivity index (χ3n) is 2.66. The van der Waals surface area contributed by atoms with Crippen molar-refractivity contribution < 1.29 is 8.78 Å². The first-order valence-corrected chi connectivity index (χ1v) is 6.10. The molecule has 0 aliphatic carbocycles. The van der Waals surface area contributed by atoms with Crippen LogP contribution >= 0.6 is 23.2 Å². The van der Waals surface area contributed by atoms with Crippen molar-refractivity contribution in [3.63, 3.8) is 0 Å². The molecule has 1 aromatic heterocycles. The Labute approximate surface area is 117 Å². The molecule has 0 fully saturated rings. The zero-order valence-electron chi connectivity index (χ0n) is 9.35. The Morgan fingerprint density at radius 3 is 2.21 bits per heavy atom. The van der Waals surface area contributed by atoms with E-state index < -0.39 is 11.6 Å². The molecule has 0 saturated heterocycles. The molecule has 19 heavy (non-hydrogen) atoms. The second-order valence-electron chi connectivity index (χ2n) is 4.03. The van der Waals surface area contributed by atoms with Crippen molar-refractivity contribution in [2.45, 2.75) is 0 Å². The summed E-state index contributed by atoms with van der Waals surface area (Å²) in [6.45, 7) is 0. The van der Waals surface area contributed by atoms with Crippen LogP contribution in [0.5, 0.6) is 0 Å². The lowest BCUT2D eigenvalue weighted by Crippen LogP contribution is -1.85. The molecule has 3 aromatic rings. The van der Waals surface area contributed by atoms with Gasteiger partial charge in [-0.05, 0) is 24.3 Å². The predicted octanol–water partition coefficient (Wildman–Crippen LogP) is 4.81. The van der Waals surface area contributed by atoms with Crippen molar-refractivity contribution in [2.24, 2.45) is 0 Å². The largest absolute Gasteiger partial charge is 0.338 e. The van der Waals surface area contributed by atoms with Gasteiger partial charge >= 0.3 is 0 Å². The van der Waals surface area contributed by atoms with E-state index in [4.69, 9.17) is 23.2 Å². The Bertz CT molecular complexity index is 724. The van der Waals surface area contributed by atoms with Gasteiger partial charge in [-0.15, -0.1) is 0 Å². The predicted molar refractivity (Wildman–Crippen MR) is 71.5 cm³/mol. The fourth-order valence-corrected chi connectivity index (χ4v) is 2.15. The average molecular weight is 299 g/mol. The van der Waals surface area contributed by atoms with Gasteiger partial charge < -0.3 is 4.98 Å². The summed E-state index contributed by atoms with van der Waals surface area (Å²) in [5.74, 6) is -0.968. The molecule has 0 atom stereocenters. The van der Waals surface area contributed by atoms with Crippen molar-refractivity contribution in [3.8, 4) is 11.4 Å². The number of fused-ring (bicyclic) bond motifs is 1. The molecule has 0 radical (unpaired) electrons. The molecule has 2 nitrogen and oxygen atoms in total. The number of hydrogen-bond acceptors (Lipinski definition) is 1. The molecule has 0 spiro atoms. The smallest absolute Gasteiger partial charge is 0.138 e. The zero-order valence-corrected chi connectivity index (χ0v) is 10.9. The summed E-state index contributed by atoms with van der Waals surface area (Å²) >= 11 is 11.8. The molecular weight excluding hydrogens is 293 g/mol. The van der Waals surface area contributed by atoms with Gasteiger partial charge in [0.1, 0.15) is 17.5 Å². The molecule has 6 heteroatoms. The normalized spacial score (nSPS) is 11.2. The molecule has 0 aliphatic heterocycles. The lowest BCUT2D eigenvalue weighted by molar-refractivity contribution is 0.584. The summed E-state index contributed by atoms with van der Waals surface area (Å²) in [4.78, 5) is 7.18. The van der Waals surface area contributed by atoms with Gasteiger partial charge in [-0.2, -0.15) is 0 Å². The maximum absolute atomic E-state index is 13.2. The monoisotopic (exact) mass is 298 g/mol. The minimum Gasteiger partial charge on any atom is -0.338 e. The number of rotatable bonds is 1. The van der Waals surface area contributed by atoms with E-state index in [2.05, 4.69) is 9.97 Å². The molecule has 3 rings (SSSR count). The Morgan fingerprint density at radius 1 is 0.895 bits per heavy atom. The van der Waals surface area contributed by atoms with E-state index in [0.717, 1.165) is 6.07 Å². The van der Waals surface area contributed by atoms with Crippen LogP contribution in [0.2, 0.25) is 10.0 Å². The molecule has 0 bridgehead atoms. The Hall–Kier alpha value is -1.65. The fourth-order valence-electron chi connectivity index (χ4n) is 1.83. The lowest BCUT2D eigenvalue weighted by Gasteiger charge is -1.97. The van der Waals surface area contributed by atoms with Crippen LogP contribution in [0, 0.1) is 11.6 Å². The highest BCUT2D eigenvalue weighted by Gasteiger charge is 2.10. The van der Waals surface area contributed by atoms with Crippen molar-refractivity contribution in [1.82, 2.24) is 9.97 Å². The summed E-state index contributed by atoms with van der Waals surface area (Å²) in [6, 6.07) is 6.41. The van der Waals surface area contributed by atoms with Crippen LogP contribution in [0.4, 0.5) is 8.78 Å². The number of aromatic nitrogens is 2. The van der Waals surface area contributed by atoms with Gasteiger partial charge in [-0.3, -0.25) is 0 Å². The fraction of sp³-hybridized carbons (Fsp3) is 0. The van der Waals surface area contributed by atoms with Gasteiger partial charge in [0, 0.05) is 11.6 Å². The zero-order chi connectivity index (χ0) is 13.6. The van der Waals surface area contributed by atoms with E-state index in [1.54, 1.807) is 12.1 Å². The molecule has 0 aliphatic rings. The minimum absolute atomic E-state index is 0.320. The SMILES string of the molecule is Fc1cc(F)cc(-c2nc3cc(Cl)c(Cl)cc3[nH]2)c1. The van der Waals surface area contributed by atoms with Crippen molar-refractivity contribution in [2.75, 3.05) is 0 Å². The summed E-state index contributed by atoms with van der Waals surface area (Å²) in [6.07, 6.45) is 0. The van der Waals surface area contributed by atoms with Gasteiger partial charge in [0.05, 0.1) is 21.1 Å². The Balaban J connectivity index is 2.20. The molecule has 96 valence electrons. The van der Waals surface area contributed by atoms with Crippen molar-refractivity contribution >= 4 is 34.2 Å². The van der Waals surface area contributed by atoms with Gasteiger partial charge in [-0.1, -0.05) is 23.2 Å². The topological polar surface area (TPSA) is 28.7 Å². The highest BCUT2D eigenvalue weighted by Crippen LogP contribution is 2.29. The lowest BCUT2D eigenvalue weighted by atomic mass is 10.2. The maximum atomic E-state index is 13.2. The summed E-state index contributed by atoms with van der Waals surface area (Å²) in [5, 5.41) is 0.757. The van der Waals surface area contributed by atoms with Gasteiger partial charge in [0.25, 0.3) is 0 Å². The maximum Gasteiger partial charge on any atom is 0.138 e. The van der Waals surface area contributed by atoms with E-state index >= 15 is 0 Å². The van der Waals surface area contributed by atoms with E-state index in [-0.39, 0.29) is 0 Å². The average Bonchev–Trinajstić information content (AvgIpc) is 2.71. The molecule has 0 amide bonds. The van der Waals surface area contributed by atoms with Gasteiger partial charge in [0.15, 0.2) is 0 Å². The molecule has 2 aromatic carbocycles. The first-order chi connectivity index (χ1) is 9.02. The number of nitrogens with one attached hydrogen (secondary N) is 1. The Kier molecular flexibility index (Phi) is 2.92. The number of nitrogens with zero attached hydrogens (tertiary/aromatic N) is 1. The van der Waals surface area contributed by atoms with Crippen LogP contribution in [0.15, 0.2) is 30.3 Å². The van der Waals surface area contributed by atoms with E-state index in [9.17, 15) is 8.78 Å². The number of hydrogen-bond donors (Lipinski definition) is 1. The van der Waals surface area contributed by atoms with Crippen LogP contribution in [-0.2, 0) is 0 Å². The number of aromatic amines is 1. The number of H-pyrrole nitrogens is 1. The molecule has 1 N–H and O–H groups in total. The molecule has 0 unspecified atom stereocenters. The third-order valence-corrected chi connectivity index (χ3v) is 3.38. The van der Waals surface area contributed by atoms with E-state index in [1.807, 2.05) is 0 Å². The summed E-state index contributed by atoms with van der Waals surface area (Å²) in [7, 11) is 0. The number of halogens is 4. The number of imidazole rings is 1. The molecule has 1 heterocycles. The highest BCUT2D eigenvalue weighted by molar-refractivity contribution is 6.42. The summed E-state index contributed by atoms with van der Waals surface area (Å²) < 4.78 is 26.3. The number of benzene rings is 2. The quantitative estimate of drug-likeness (QED) is 0.686.